The van der Waals surface area contributed by atoms with E-state index in [1.165, 1.54) is 10.6 Å². The number of hydrogen-bond acceptors (Lipinski definition) is 4. The van der Waals surface area contributed by atoms with Crippen molar-refractivity contribution in [1.29, 1.82) is 0 Å². The lowest BCUT2D eigenvalue weighted by Gasteiger charge is -2.22. The van der Waals surface area contributed by atoms with Gasteiger partial charge in [-0.15, -0.1) is 5.10 Å². The van der Waals surface area contributed by atoms with E-state index < -0.39 is 18.1 Å². The monoisotopic (exact) mass is 428 g/mol. The fourth-order valence-electron chi connectivity index (χ4n) is 4.83. The van der Waals surface area contributed by atoms with E-state index in [2.05, 4.69) is 12.0 Å². The third kappa shape index (κ3) is 3.43. The number of fused-ring (bicyclic) bond motifs is 1. The molecular formula is C23H29FN4O3. The molecule has 0 bridgehead atoms. The summed E-state index contributed by atoms with van der Waals surface area (Å²) in [5.74, 6) is -0.0272. The fraction of sp³-hybridized carbons (Fsp3) is 0.522. The second-order valence-corrected chi connectivity index (χ2v) is 8.79. The number of halogens is 1. The van der Waals surface area contributed by atoms with Crippen molar-refractivity contribution in [3.63, 3.8) is 0 Å². The van der Waals surface area contributed by atoms with Crippen molar-refractivity contribution < 1.29 is 9.50 Å². The Morgan fingerprint density at radius 2 is 1.97 bits per heavy atom. The van der Waals surface area contributed by atoms with Gasteiger partial charge >= 0.3 is 5.69 Å². The predicted octanol–water partition coefficient (Wildman–Crippen LogP) is 3.48. The Morgan fingerprint density at radius 1 is 1.23 bits per heavy atom. The zero-order valence-corrected chi connectivity index (χ0v) is 18.4. The van der Waals surface area contributed by atoms with Gasteiger partial charge in [0, 0.05) is 18.8 Å². The molecule has 2 aromatic heterocycles. The maximum atomic E-state index is 15.2. The lowest BCUT2D eigenvalue weighted by molar-refractivity contribution is 0.264. The van der Waals surface area contributed by atoms with E-state index in [1.807, 2.05) is 20.0 Å². The second-order valence-electron chi connectivity index (χ2n) is 8.79. The quantitative estimate of drug-likeness (QED) is 0.675. The lowest BCUT2D eigenvalue weighted by Crippen LogP contribution is -2.28. The van der Waals surface area contributed by atoms with Crippen molar-refractivity contribution in [1.82, 2.24) is 18.9 Å². The van der Waals surface area contributed by atoms with Gasteiger partial charge in [0.15, 0.2) is 5.82 Å². The van der Waals surface area contributed by atoms with Gasteiger partial charge in [0.1, 0.15) is 18.1 Å². The second kappa shape index (κ2) is 8.07. The van der Waals surface area contributed by atoms with Crippen molar-refractivity contribution in [3.8, 4) is 5.69 Å². The van der Waals surface area contributed by atoms with Crippen LogP contribution in [0.15, 0.2) is 27.9 Å². The first-order chi connectivity index (χ1) is 14.8. The van der Waals surface area contributed by atoms with Gasteiger partial charge in [0.25, 0.3) is 5.56 Å². The molecule has 1 aromatic carbocycles. The molecule has 0 radical (unpaired) electrons. The van der Waals surface area contributed by atoms with Gasteiger partial charge in [-0.25, -0.2) is 9.18 Å². The molecule has 8 heteroatoms. The highest BCUT2D eigenvalue weighted by molar-refractivity contribution is 5.87. The summed E-state index contributed by atoms with van der Waals surface area (Å²) in [6.07, 6.45) is 5.01. The number of aromatic nitrogens is 4. The smallest absolute Gasteiger partial charge is 0.350 e. The Morgan fingerprint density at radius 3 is 2.52 bits per heavy atom. The normalized spacial score (nSPS) is 19.1. The number of nitrogens with zero attached hydrogens (tertiary/aromatic N) is 4. The molecule has 7 nitrogen and oxygen atoms in total. The molecule has 0 amide bonds. The van der Waals surface area contributed by atoms with Gasteiger partial charge in [-0.2, -0.15) is 4.68 Å². The Bertz CT molecular complexity index is 1250. The highest BCUT2D eigenvalue weighted by Crippen LogP contribution is 2.36. The van der Waals surface area contributed by atoms with Gasteiger partial charge in [-0.05, 0) is 54.7 Å². The Kier molecular flexibility index (Phi) is 5.60. The molecule has 1 fully saturated rings. The molecule has 0 spiro atoms. The SMILES string of the molecule is CCn1c(CO)nn(-c2cc3c(C(C)C)cn([C@@H]4CCC[C@H]4C)c(=O)c3cc2F)c1=O. The third-order valence-electron chi connectivity index (χ3n) is 6.56. The van der Waals surface area contributed by atoms with Crippen molar-refractivity contribution in [2.45, 2.75) is 72.1 Å². The van der Waals surface area contributed by atoms with Crippen LogP contribution in [0.25, 0.3) is 16.5 Å². The van der Waals surface area contributed by atoms with E-state index in [1.54, 1.807) is 17.6 Å². The van der Waals surface area contributed by atoms with E-state index in [0.717, 1.165) is 29.5 Å². The summed E-state index contributed by atoms with van der Waals surface area (Å²) in [7, 11) is 0. The molecule has 0 saturated heterocycles. The summed E-state index contributed by atoms with van der Waals surface area (Å²) in [4.78, 5) is 26.1. The van der Waals surface area contributed by atoms with Crippen LogP contribution in [-0.2, 0) is 13.2 Å². The van der Waals surface area contributed by atoms with E-state index >= 15 is 4.39 Å². The fourth-order valence-corrected chi connectivity index (χ4v) is 4.83. The minimum Gasteiger partial charge on any atom is -0.388 e. The number of benzene rings is 1. The van der Waals surface area contributed by atoms with Crippen molar-refractivity contribution in [3.05, 3.63) is 56.4 Å². The highest BCUT2D eigenvalue weighted by atomic mass is 19.1. The largest absolute Gasteiger partial charge is 0.388 e. The van der Waals surface area contributed by atoms with E-state index in [4.69, 9.17) is 0 Å². The van der Waals surface area contributed by atoms with Crippen LogP contribution in [0.3, 0.4) is 0 Å². The molecule has 1 aliphatic carbocycles. The molecule has 2 atom stereocenters. The van der Waals surface area contributed by atoms with Crippen LogP contribution < -0.4 is 11.2 Å². The molecule has 1 N–H and O–H groups in total. The average Bonchev–Trinajstić information content (AvgIpc) is 3.30. The molecule has 2 heterocycles. The summed E-state index contributed by atoms with van der Waals surface area (Å²) in [6, 6.07) is 2.89. The average molecular weight is 429 g/mol. The van der Waals surface area contributed by atoms with Gasteiger partial charge in [-0.3, -0.25) is 9.36 Å². The number of aliphatic hydroxyl groups excluding tert-OH is 1. The van der Waals surface area contributed by atoms with Crippen molar-refractivity contribution >= 4 is 10.8 Å². The van der Waals surface area contributed by atoms with E-state index in [-0.39, 0.29) is 29.0 Å². The molecular weight excluding hydrogens is 399 g/mol. The zero-order valence-electron chi connectivity index (χ0n) is 18.4. The third-order valence-corrected chi connectivity index (χ3v) is 6.56. The molecule has 0 unspecified atom stereocenters. The van der Waals surface area contributed by atoms with Crippen LogP contribution in [0.1, 0.15) is 70.3 Å². The molecule has 0 aliphatic heterocycles. The first kappa shape index (κ1) is 21.5. The summed E-state index contributed by atoms with van der Waals surface area (Å²) >= 11 is 0. The minimum atomic E-state index is -0.691. The van der Waals surface area contributed by atoms with Crippen molar-refractivity contribution in [2.75, 3.05) is 0 Å². The van der Waals surface area contributed by atoms with Crippen LogP contribution in [-0.4, -0.2) is 24.0 Å². The minimum absolute atomic E-state index is 0.0207. The molecule has 3 aromatic rings. The Balaban J connectivity index is 2.00. The topological polar surface area (TPSA) is 82.0 Å². The standard InChI is InChI=1S/C23H29FN4O3/c1-5-26-21(12-29)25-28(23(26)31)20-10-15-16(9-18(20)24)22(30)27(11-17(15)13(2)3)19-8-6-7-14(19)4/h9-11,13-14,19,29H,5-8,12H2,1-4H3/t14-,19-/m1/s1. The number of pyridine rings is 1. The first-order valence-electron chi connectivity index (χ1n) is 11.0. The summed E-state index contributed by atoms with van der Waals surface area (Å²) in [5, 5.41) is 14.6. The molecule has 31 heavy (non-hydrogen) atoms. The van der Waals surface area contributed by atoms with Gasteiger partial charge < -0.3 is 9.67 Å². The van der Waals surface area contributed by atoms with Crippen LogP contribution in [0.5, 0.6) is 0 Å². The van der Waals surface area contributed by atoms with Crippen LogP contribution in [0, 0.1) is 11.7 Å². The van der Waals surface area contributed by atoms with Crippen molar-refractivity contribution in [2.24, 2.45) is 5.92 Å². The van der Waals surface area contributed by atoms with E-state index in [0.29, 0.717) is 23.2 Å². The first-order valence-corrected chi connectivity index (χ1v) is 11.0. The van der Waals surface area contributed by atoms with Gasteiger partial charge in [0.2, 0.25) is 0 Å². The maximum Gasteiger partial charge on any atom is 0.350 e. The lowest BCUT2D eigenvalue weighted by atomic mass is 9.96. The van der Waals surface area contributed by atoms with Crippen LogP contribution in [0.4, 0.5) is 4.39 Å². The molecule has 1 saturated carbocycles. The summed E-state index contributed by atoms with van der Waals surface area (Å²) < 4.78 is 19.3. The Labute approximate surface area is 179 Å². The number of hydrogen-bond donors (Lipinski definition) is 1. The number of aliphatic hydroxyl groups is 1. The Hall–Kier alpha value is -2.74. The van der Waals surface area contributed by atoms with Gasteiger partial charge in [-0.1, -0.05) is 27.2 Å². The van der Waals surface area contributed by atoms with Crippen LogP contribution >= 0.6 is 0 Å². The van der Waals surface area contributed by atoms with Gasteiger partial charge in [0.05, 0.1) is 5.39 Å². The summed E-state index contributed by atoms with van der Waals surface area (Å²) in [6.45, 7) is 7.87. The molecule has 4 rings (SSSR count). The predicted molar refractivity (Wildman–Crippen MR) is 117 cm³/mol. The number of rotatable bonds is 5. The van der Waals surface area contributed by atoms with Crippen LogP contribution in [0.2, 0.25) is 0 Å². The highest BCUT2D eigenvalue weighted by Gasteiger charge is 2.28. The maximum absolute atomic E-state index is 15.2. The molecule has 166 valence electrons. The van der Waals surface area contributed by atoms with E-state index in [9.17, 15) is 14.7 Å². The molecule has 1 aliphatic rings. The summed E-state index contributed by atoms with van der Waals surface area (Å²) in [5.41, 5.74) is 0.183. The zero-order chi connectivity index (χ0) is 22.4.